The quantitative estimate of drug-likeness (QED) is 0.156. The van der Waals surface area contributed by atoms with Gasteiger partial charge in [-0.1, -0.05) is 17.8 Å². The van der Waals surface area contributed by atoms with E-state index in [1.807, 2.05) is 0 Å². The third kappa shape index (κ3) is 7.47. The van der Waals surface area contributed by atoms with Crippen molar-refractivity contribution in [3.63, 3.8) is 0 Å². The lowest BCUT2D eigenvalue weighted by atomic mass is 10.1. The lowest BCUT2D eigenvalue weighted by molar-refractivity contribution is -0.115. The number of esters is 2. The molecule has 0 fully saturated rings. The van der Waals surface area contributed by atoms with E-state index in [9.17, 15) is 23.6 Å². The van der Waals surface area contributed by atoms with Crippen LogP contribution in [0.3, 0.4) is 0 Å². The van der Waals surface area contributed by atoms with Gasteiger partial charge in [-0.25, -0.2) is 14.0 Å². The Balaban J connectivity index is 1.58. The number of halogens is 1. The second-order valence-corrected chi connectivity index (χ2v) is 12.1. The second-order valence-electron chi connectivity index (χ2n) is 8.82. The Labute approximate surface area is 258 Å². The Morgan fingerprint density at radius 3 is 2.40 bits per heavy atom. The third-order valence-corrected chi connectivity index (χ3v) is 9.01. The van der Waals surface area contributed by atoms with Crippen LogP contribution in [-0.2, 0) is 20.8 Å². The number of anilines is 1. The molecular weight excluding hydrogens is 618 g/mol. The van der Waals surface area contributed by atoms with E-state index in [1.54, 1.807) is 49.8 Å². The number of hydrogen-bond donors (Lipinski definition) is 2. The highest BCUT2D eigenvalue weighted by atomic mass is 32.2. The van der Waals surface area contributed by atoms with Gasteiger partial charge in [0.05, 0.1) is 35.4 Å². The first-order valence-electron chi connectivity index (χ1n) is 13.1. The average Bonchev–Trinajstić information content (AvgIpc) is 3.72. The summed E-state index contributed by atoms with van der Waals surface area (Å²) in [6.07, 6.45) is 0. The van der Waals surface area contributed by atoms with Gasteiger partial charge in [0.1, 0.15) is 15.7 Å². The SMILES string of the molecule is CCOC(=O)c1sc(NC(=O)C(C)Sc2nnc(CNC(=O)c3cccs3)n2-c2ccc(F)cc2)c(C(=O)OCC)c1C. The number of carbonyl (C=O) groups excluding carboxylic acids is 4. The van der Waals surface area contributed by atoms with Crippen LogP contribution in [0.4, 0.5) is 9.39 Å². The largest absolute Gasteiger partial charge is 0.462 e. The Morgan fingerprint density at radius 2 is 1.74 bits per heavy atom. The zero-order valence-corrected chi connectivity index (χ0v) is 26.1. The van der Waals surface area contributed by atoms with Gasteiger partial charge >= 0.3 is 11.9 Å². The molecule has 4 rings (SSSR count). The molecule has 0 radical (unpaired) electrons. The van der Waals surface area contributed by atoms with Gasteiger partial charge in [-0.3, -0.25) is 14.2 Å². The third-order valence-electron chi connectivity index (χ3n) is 5.91. The summed E-state index contributed by atoms with van der Waals surface area (Å²) in [5.74, 6) is -2.11. The number of amides is 2. The minimum Gasteiger partial charge on any atom is -0.462 e. The lowest BCUT2D eigenvalue weighted by Gasteiger charge is -2.14. The van der Waals surface area contributed by atoms with Crippen LogP contribution in [-0.4, -0.2) is 57.0 Å². The second kappa shape index (κ2) is 14.4. The highest BCUT2D eigenvalue weighted by molar-refractivity contribution is 8.00. The number of carbonyl (C=O) groups is 4. The van der Waals surface area contributed by atoms with E-state index in [0.29, 0.717) is 27.1 Å². The van der Waals surface area contributed by atoms with E-state index in [4.69, 9.17) is 9.47 Å². The molecule has 2 amide bonds. The molecule has 0 bridgehead atoms. The van der Waals surface area contributed by atoms with Crippen molar-refractivity contribution in [1.82, 2.24) is 20.1 Å². The molecule has 0 aliphatic heterocycles. The topological polar surface area (TPSA) is 142 Å². The van der Waals surface area contributed by atoms with Crippen molar-refractivity contribution in [3.8, 4) is 5.69 Å². The summed E-state index contributed by atoms with van der Waals surface area (Å²) in [6, 6.07) is 9.11. The maximum absolute atomic E-state index is 13.7. The molecule has 0 aliphatic rings. The number of thiophene rings is 2. The van der Waals surface area contributed by atoms with E-state index >= 15 is 0 Å². The first-order valence-corrected chi connectivity index (χ1v) is 15.7. The minimum atomic E-state index is -0.763. The molecule has 1 aromatic carbocycles. The Hall–Kier alpha value is -4.08. The molecule has 226 valence electrons. The molecule has 4 aromatic rings. The van der Waals surface area contributed by atoms with E-state index in [2.05, 4.69) is 20.8 Å². The molecule has 1 unspecified atom stereocenters. The summed E-state index contributed by atoms with van der Waals surface area (Å²) in [4.78, 5) is 51.8. The van der Waals surface area contributed by atoms with Crippen LogP contribution in [0, 0.1) is 12.7 Å². The molecule has 3 aromatic heterocycles. The van der Waals surface area contributed by atoms with Crippen LogP contribution < -0.4 is 10.6 Å². The summed E-state index contributed by atoms with van der Waals surface area (Å²) in [6.45, 7) is 6.83. The normalized spacial score (nSPS) is 11.6. The Bertz CT molecular complexity index is 1620. The van der Waals surface area contributed by atoms with Gasteiger partial charge in [0, 0.05) is 5.69 Å². The molecule has 0 saturated carbocycles. The van der Waals surface area contributed by atoms with Crippen LogP contribution >= 0.6 is 34.4 Å². The van der Waals surface area contributed by atoms with Crippen molar-refractivity contribution >= 4 is 63.2 Å². The smallest absolute Gasteiger partial charge is 0.348 e. The Morgan fingerprint density at radius 1 is 1.05 bits per heavy atom. The number of ether oxygens (including phenoxy) is 2. The number of nitrogens with one attached hydrogen (secondary N) is 2. The van der Waals surface area contributed by atoms with Crippen molar-refractivity contribution in [2.75, 3.05) is 18.5 Å². The molecule has 1 atom stereocenters. The molecule has 0 aliphatic carbocycles. The molecule has 11 nitrogen and oxygen atoms in total. The maximum Gasteiger partial charge on any atom is 0.348 e. The molecular formula is C28H28FN5O6S3. The van der Waals surface area contributed by atoms with E-state index in [1.165, 1.54) is 35.6 Å². The highest BCUT2D eigenvalue weighted by Crippen LogP contribution is 2.35. The fourth-order valence-electron chi connectivity index (χ4n) is 3.86. The monoisotopic (exact) mass is 645 g/mol. The number of rotatable bonds is 12. The number of benzene rings is 1. The molecule has 15 heteroatoms. The van der Waals surface area contributed by atoms with E-state index < -0.39 is 28.9 Å². The summed E-state index contributed by atoms with van der Waals surface area (Å²) in [7, 11) is 0. The van der Waals surface area contributed by atoms with Crippen molar-refractivity contribution in [2.45, 2.75) is 44.6 Å². The minimum absolute atomic E-state index is 0.0241. The molecule has 43 heavy (non-hydrogen) atoms. The van der Waals surface area contributed by atoms with Gasteiger partial charge in [0.2, 0.25) is 5.91 Å². The molecule has 0 saturated heterocycles. The van der Waals surface area contributed by atoms with Crippen LogP contribution in [0.1, 0.15) is 61.9 Å². The first-order chi connectivity index (χ1) is 20.6. The molecule has 3 heterocycles. The maximum atomic E-state index is 13.7. The van der Waals surface area contributed by atoms with Crippen molar-refractivity contribution < 1.29 is 33.0 Å². The summed E-state index contributed by atoms with van der Waals surface area (Å²) < 4.78 is 25.6. The fraction of sp³-hybridized carbons (Fsp3) is 0.286. The van der Waals surface area contributed by atoms with E-state index in [-0.39, 0.29) is 41.1 Å². The van der Waals surface area contributed by atoms with Gasteiger partial charge in [0.15, 0.2) is 11.0 Å². The van der Waals surface area contributed by atoms with Crippen molar-refractivity contribution in [1.29, 1.82) is 0 Å². The van der Waals surface area contributed by atoms with E-state index in [0.717, 1.165) is 23.1 Å². The Kier molecular flexibility index (Phi) is 10.7. The number of aromatic nitrogens is 3. The predicted octanol–water partition coefficient (Wildman–Crippen LogP) is 5.24. The van der Waals surface area contributed by atoms with Gasteiger partial charge in [-0.05, 0) is 69.0 Å². The van der Waals surface area contributed by atoms with Crippen molar-refractivity contribution in [3.05, 3.63) is 74.3 Å². The highest BCUT2D eigenvalue weighted by Gasteiger charge is 2.29. The first kappa shape index (κ1) is 31.8. The summed E-state index contributed by atoms with van der Waals surface area (Å²) >= 11 is 3.30. The average molecular weight is 646 g/mol. The van der Waals surface area contributed by atoms with Crippen LogP contribution in [0.25, 0.3) is 5.69 Å². The van der Waals surface area contributed by atoms with Crippen LogP contribution in [0.5, 0.6) is 0 Å². The van der Waals surface area contributed by atoms with Crippen LogP contribution in [0.2, 0.25) is 0 Å². The van der Waals surface area contributed by atoms with Gasteiger partial charge in [0.25, 0.3) is 5.91 Å². The number of thioether (sulfide) groups is 1. The number of nitrogens with zero attached hydrogens (tertiary/aromatic N) is 3. The summed E-state index contributed by atoms with van der Waals surface area (Å²) in [5.41, 5.74) is 0.959. The van der Waals surface area contributed by atoms with Gasteiger partial charge in [-0.15, -0.1) is 32.9 Å². The zero-order chi connectivity index (χ0) is 31.1. The molecule has 0 spiro atoms. The standard InChI is InChI=1S/C28H28FN5O6S3/c1-5-39-26(37)21-15(3)22(27(38)40-6-2)43-25(21)31-23(35)16(4)42-28-33-32-20(14-30-24(36)19-8-7-13-41-19)34(28)18-11-9-17(29)10-12-18/h7-13,16H,5-6,14H2,1-4H3,(H,30,36)(H,31,35). The predicted molar refractivity (Wildman–Crippen MR) is 162 cm³/mol. The molecule has 2 N–H and O–H groups in total. The van der Waals surface area contributed by atoms with Gasteiger partial charge in [-0.2, -0.15) is 0 Å². The van der Waals surface area contributed by atoms with Gasteiger partial charge < -0.3 is 20.1 Å². The van der Waals surface area contributed by atoms with Crippen molar-refractivity contribution in [2.24, 2.45) is 0 Å². The number of hydrogen-bond acceptors (Lipinski definition) is 11. The van der Waals surface area contributed by atoms with Crippen LogP contribution in [0.15, 0.2) is 46.9 Å². The summed E-state index contributed by atoms with van der Waals surface area (Å²) in [5, 5.41) is 15.5. The fourth-order valence-corrected chi connectivity index (χ4v) is 6.48. The zero-order valence-electron chi connectivity index (χ0n) is 23.6. The lowest BCUT2D eigenvalue weighted by Crippen LogP contribution is -2.25.